The maximum atomic E-state index is 10.7. The molecule has 0 fully saturated rings. The zero-order valence-electron chi connectivity index (χ0n) is 8.91. The van der Waals surface area contributed by atoms with Crippen LogP contribution in [0.3, 0.4) is 0 Å². The summed E-state index contributed by atoms with van der Waals surface area (Å²) in [5.41, 5.74) is 0.383. The molecule has 2 rings (SSSR count). The fourth-order valence-corrected chi connectivity index (χ4v) is 2.16. The average molecular weight is 252 g/mol. The lowest BCUT2D eigenvalue weighted by atomic mass is 10.1. The fraction of sp³-hybridized carbons (Fsp3) is 0.0909. The molecule has 2 aromatic rings. The summed E-state index contributed by atoms with van der Waals surface area (Å²) in [5, 5.41) is 10.5. The number of fused-ring (bicyclic) bond motifs is 1. The largest absolute Gasteiger partial charge is 0.780 e. The Morgan fingerprint density at radius 1 is 1.24 bits per heavy atom. The van der Waals surface area contributed by atoms with Crippen molar-refractivity contribution in [3.63, 3.8) is 0 Å². The molecule has 90 valence electrons. The molecule has 0 aliphatic carbocycles. The number of hydrogen-bond donors (Lipinski definition) is 1. The van der Waals surface area contributed by atoms with E-state index >= 15 is 0 Å². The van der Waals surface area contributed by atoms with Gasteiger partial charge in [0.25, 0.3) is 0 Å². The highest BCUT2D eigenvalue weighted by atomic mass is 31.2. The lowest BCUT2D eigenvalue weighted by molar-refractivity contribution is -0.333. The molecule has 0 spiro atoms. The summed E-state index contributed by atoms with van der Waals surface area (Å²) in [7, 11) is -5.12. The van der Waals surface area contributed by atoms with Crippen LogP contribution in [0.25, 0.3) is 10.8 Å². The molecule has 0 radical (unpaired) electrons. The highest BCUT2D eigenvalue weighted by Crippen LogP contribution is 2.40. The quantitative estimate of drug-likeness (QED) is 0.806. The zero-order valence-corrected chi connectivity index (χ0v) is 9.81. The van der Waals surface area contributed by atoms with E-state index in [0.29, 0.717) is 16.3 Å². The molecule has 0 bridgehead atoms. The summed E-state index contributed by atoms with van der Waals surface area (Å²) in [6, 6.07) is 7.89. The van der Waals surface area contributed by atoms with E-state index in [1.54, 1.807) is 31.2 Å². The van der Waals surface area contributed by atoms with Gasteiger partial charge in [-0.15, -0.1) is 0 Å². The van der Waals surface area contributed by atoms with Crippen LogP contribution in [0.5, 0.6) is 11.5 Å². The fourth-order valence-electron chi connectivity index (χ4n) is 1.70. The van der Waals surface area contributed by atoms with E-state index in [1.807, 2.05) is 0 Å². The molecule has 0 saturated heterocycles. The number of aryl methyl sites for hydroxylation is 1. The van der Waals surface area contributed by atoms with Crippen LogP contribution in [0.4, 0.5) is 0 Å². The van der Waals surface area contributed by atoms with Gasteiger partial charge in [-0.3, -0.25) is 0 Å². The van der Waals surface area contributed by atoms with Crippen molar-refractivity contribution in [2.75, 3.05) is 0 Å². The molecule has 17 heavy (non-hydrogen) atoms. The molecule has 0 amide bonds. The Bertz CT molecular complexity index is 617. The van der Waals surface area contributed by atoms with Gasteiger partial charge in [0.1, 0.15) is 19.3 Å². The first-order valence-electron chi connectivity index (χ1n) is 4.81. The second-order valence-electron chi connectivity index (χ2n) is 3.63. The van der Waals surface area contributed by atoms with Crippen LogP contribution in [0, 0.1) is 6.92 Å². The molecule has 1 N–H and O–H groups in total. The standard InChI is InChI=1S/C11H11O5P/c1-7-6-10(12)8-4-2-3-5-9(8)11(7)16-17(13,14)15/h2-6,12H,1H3,(H2,13,14,15)/p-2. The number of phenolic OH excluding ortho intramolecular Hbond substituents is 1. The Morgan fingerprint density at radius 3 is 2.41 bits per heavy atom. The van der Waals surface area contributed by atoms with E-state index in [2.05, 4.69) is 4.52 Å². The second-order valence-corrected chi connectivity index (χ2v) is 4.70. The summed E-state index contributed by atoms with van der Waals surface area (Å²) in [5.74, 6) is -0.0242. The number of aromatic hydroxyl groups is 1. The average Bonchev–Trinajstić information content (AvgIpc) is 2.23. The molecular weight excluding hydrogens is 243 g/mol. The predicted octanol–water partition coefficient (Wildman–Crippen LogP) is 1.06. The number of hydrogen-bond acceptors (Lipinski definition) is 5. The van der Waals surface area contributed by atoms with E-state index in [4.69, 9.17) is 0 Å². The van der Waals surface area contributed by atoms with Crippen LogP contribution in [-0.4, -0.2) is 5.11 Å². The van der Waals surface area contributed by atoms with Crippen molar-refractivity contribution < 1.29 is 24.0 Å². The van der Waals surface area contributed by atoms with Gasteiger partial charge in [-0.05, 0) is 18.6 Å². The molecule has 0 aliphatic heterocycles. The predicted molar refractivity (Wildman–Crippen MR) is 58.6 cm³/mol. The van der Waals surface area contributed by atoms with Gasteiger partial charge >= 0.3 is 0 Å². The van der Waals surface area contributed by atoms with Crippen molar-refractivity contribution >= 4 is 18.6 Å². The number of phenols is 1. The van der Waals surface area contributed by atoms with E-state index in [9.17, 15) is 19.5 Å². The monoisotopic (exact) mass is 252 g/mol. The van der Waals surface area contributed by atoms with E-state index in [0.717, 1.165) is 0 Å². The molecule has 0 aromatic heterocycles. The third-order valence-corrected chi connectivity index (χ3v) is 2.77. The maximum absolute atomic E-state index is 10.7. The minimum absolute atomic E-state index is 0.0112. The number of rotatable bonds is 2. The normalized spacial score (nSPS) is 11.7. The lowest BCUT2D eigenvalue weighted by Crippen LogP contribution is -2.19. The molecule has 0 unspecified atom stereocenters. The maximum Gasteiger partial charge on any atom is 0.135 e. The molecular formula is C11H9O5P-2. The minimum Gasteiger partial charge on any atom is -0.780 e. The summed E-state index contributed by atoms with van der Waals surface area (Å²) < 4.78 is 15.1. The van der Waals surface area contributed by atoms with Gasteiger partial charge in [-0.1, -0.05) is 24.3 Å². The molecule has 2 aromatic carbocycles. The van der Waals surface area contributed by atoms with Crippen LogP contribution in [0.15, 0.2) is 30.3 Å². The Morgan fingerprint density at radius 2 is 1.82 bits per heavy atom. The Balaban J connectivity index is 2.74. The van der Waals surface area contributed by atoms with Gasteiger partial charge in [0, 0.05) is 10.8 Å². The lowest BCUT2D eigenvalue weighted by Gasteiger charge is -2.30. The van der Waals surface area contributed by atoms with Gasteiger partial charge in [-0.25, -0.2) is 0 Å². The summed E-state index contributed by atoms with van der Waals surface area (Å²) in [6.45, 7) is 1.55. The minimum atomic E-state index is -5.12. The first-order valence-corrected chi connectivity index (χ1v) is 6.27. The zero-order chi connectivity index (χ0) is 12.6. The topological polar surface area (TPSA) is 92.7 Å². The Kier molecular flexibility index (Phi) is 2.83. The highest BCUT2D eigenvalue weighted by Gasteiger charge is 2.10. The van der Waals surface area contributed by atoms with Crippen molar-refractivity contribution in [1.29, 1.82) is 0 Å². The van der Waals surface area contributed by atoms with Crippen LogP contribution >= 0.6 is 7.82 Å². The Hall–Kier alpha value is -1.55. The van der Waals surface area contributed by atoms with Gasteiger partial charge < -0.3 is 24.0 Å². The number of phosphoric ester groups is 1. The van der Waals surface area contributed by atoms with Gasteiger partial charge in [0.15, 0.2) is 0 Å². The third-order valence-electron chi connectivity index (χ3n) is 2.36. The van der Waals surface area contributed by atoms with Crippen molar-refractivity contribution in [3.05, 3.63) is 35.9 Å². The smallest absolute Gasteiger partial charge is 0.135 e. The second kappa shape index (κ2) is 4.04. The van der Waals surface area contributed by atoms with Gasteiger partial charge in [-0.2, -0.15) is 0 Å². The first kappa shape index (κ1) is 11.9. The third kappa shape index (κ3) is 2.42. The highest BCUT2D eigenvalue weighted by molar-refractivity contribution is 7.43. The van der Waals surface area contributed by atoms with E-state index < -0.39 is 7.82 Å². The summed E-state index contributed by atoms with van der Waals surface area (Å²) >= 11 is 0. The molecule has 0 aliphatic rings. The molecule has 6 heteroatoms. The van der Waals surface area contributed by atoms with Crippen molar-refractivity contribution in [2.24, 2.45) is 0 Å². The van der Waals surface area contributed by atoms with Crippen LogP contribution in [-0.2, 0) is 4.57 Å². The van der Waals surface area contributed by atoms with Crippen molar-refractivity contribution in [2.45, 2.75) is 6.92 Å². The molecule has 0 saturated carbocycles. The van der Waals surface area contributed by atoms with Gasteiger partial charge in [0.2, 0.25) is 0 Å². The number of benzene rings is 2. The molecule has 0 atom stereocenters. The van der Waals surface area contributed by atoms with E-state index in [1.165, 1.54) is 6.07 Å². The molecule has 0 heterocycles. The van der Waals surface area contributed by atoms with Crippen molar-refractivity contribution in [3.8, 4) is 11.5 Å². The van der Waals surface area contributed by atoms with Crippen molar-refractivity contribution in [1.82, 2.24) is 0 Å². The summed E-state index contributed by atoms with van der Waals surface area (Å²) in [6.07, 6.45) is 0. The van der Waals surface area contributed by atoms with Gasteiger partial charge in [0.05, 0.1) is 0 Å². The SMILES string of the molecule is Cc1cc(O)c2ccccc2c1OP(=O)([O-])[O-]. The van der Waals surface area contributed by atoms with Crippen LogP contribution < -0.4 is 14.3 Å². The van der Waals surface area contributed by atoms with Crippen LogP contribution in [0.1, 0.15) is 5.56 Å². The molecule has 5 nitrogen and oxygen atoms in total. The van der Waals surface area contributed by atoms with Crippen LogP contribution in [0.2, 0.25) is 0 Å². The Labute approximate surface area is 97.5 Å². The summed E-state index contributed by atoms with van der Waals surface area (Å²) in [4.78, 5) is 21.3. The number of phosphoric acid groups is 1. The van der Waals surface area contributed by atoms with E-state index in [-0.39, 0.29) is 11.5 Å². The first-order chi connectivity index (χ1) is 7.88.